The molecule has 2 aromatic carbocycles. The van der Waals surface area contributed by atoms with Gasteiger partial charge in [-0.05, 0) is 49.4 Å². The highest BCUT2D eigenvalue weighted by Gasteiger charge is 2.50. The summed E-state index contributed by atoms with van der Waals surface area (Å²) >= 11 is 3.35. The molecule has 2 fully saturated rings. The number of hydrogen-bond acceptors (Lipinski definition) is 4. The summed E-state index contributed by atoms with van der Waals surface area (Å²) in [6.45, 7) is 1.96. The highest BCUT2D eigenvalue weighted by Crippen LogP contribution is 2.44. The number of carbonyl (C=O) groups is 3. The summed E-state index contributed by atoms with van der Waals surface area (Å²) in [7, 11) is 0. The Balaban J connectivity index is 1.54. The Bertz CT molecular complexity index is 956. The van der Waals surface area contributed by atoms with Gasteiger partial charge in [-0.2, -0.15) is 0 Å². The van der Waals surface area contributed by atoms with E-state index in [4.69, 9.17) is 4.74 Å². The van der Waals surface area contributed by atoms with Crippen LogP contribution < -0.4 is 9.64 Å². The molecule has 1 saturated heterocycles. The van der Waals surface area contributed by atoms with Crippen LogP contribution in [-0.4, -0.2) is 24.2 Å². The normalized spacial score (nSPS) is 23.8. The maximum absolute atomic E-state index is 13.0. The predicted octanol–water partition coefficient (Wildman–Crippen LogP) is 4.64. The fourth-order valence-electron chi connectivity index (χ4n) is 4.25. The van der Waals surface area contributed by atoms with Gasteiger partial charge in [-0.3, -0.25) is 14.4 Å². The molecule has 0 N–H and O–H groups in total. The van der Waals surface area contributed by atoms with Crippen molar-refractivity contribution in [2.45, 2.75) is 26.2 Å². The molecule has 150 valence electrons. The third-order valence-electron chi connectivity index (χ3n) is 5.82. The van der Waals surface area contributed by atoms with Crippen molar-refractivity contribution in [2.24, 2.45) is 17.8 Å². The first-order valence-electron chi connectivity index (χ1n) is 9.84. The summed E-state index contributed by atoms with van der Waals surface area (Å²) in [6.07, 6.45) is 2.46. The van der Waals surface area contributed by atoms with E-state index in [2.05, 4.69) is 22.9 Å². The second-order valence-corrected chi connectivity index (χ2v) is 8.75. The van der Waals surface area contributed by atoms with Gasteiger partial charge < -0.3 is 4.74 Å². The fourth-order valence-corrected chi connectivity index (χ4v) is 4.52. The second kappa shape index (κ2) is 8.11. The van der Waals surface area contributed by atoms with Crippen LogP contribution in [-0.2, 0) is 9.59 Å². The number of fused-ring (bicyclic) bond motifs is 1. The molecule has 1 aliphatic carbocycles. The number of ketones is 1. The molecule has 4 rings (SSSR count). The SMILES string of the molecule is CC1CCC2C(=O)N(c3ccccc3OCC(=O)c3ccc(Br)cc3)C(=O)C2C1. The summed E-state index contributed by atoms with van der Waals surface area (Å²) in [6, 6.07) is 14.0. The zero-order chi connectivity index (χ0) is 20.5. The first kappa shape index (κ1) is 19.8. The third kappa shape index (κ3) is 3.86. The lowest BCUT2D eigenvalue weighted by Crippen LogP contribution is -2.31. The lowest BCUT2D eigenvalue weighted by atomic mass is 9.76. The summed E-state index contributed by atoms with van der Waals surface area (Å²) in [4.78, 5) is 39.7. The number of imide groups is 1. The molecule has 0 radical (unpaired) electrons. The number of hydrogen-bond donors (Lipinski definition) is 0. The molecular weight excluding hydrogens is 434 g/mol. The van der Waals surface area contributed by atoms with Gasteiger partial charge in [-0.1, -0.05) is 47.1 Å². The zero-order valence-corrected chi connectivity index (χ0v) is 17.7. The van der Waals surface area contributed by atoms with Crippen LogP contribution >= 0.6 is 15.9 Å². The van der Waals surface area contributed by atoms with Crippen molar-refractivity contribution in [1.29, 1.82) is 0 Å². The van der Waals surface area contributed by atoms with Crippen LogP contribution in [0, 0.1) is 17.8 Å². The summed E-state index contributed by atoms with van der Waals surface area (Å²) in [5, 5.41) is 0. The van der Waals surface area contributed by atoms with E-state index in [0.29, 0.717) is 22.9 Å². The summed E-state index contributed by atoms with van der Waals surface area (Å²) in [5.41, 5.74) is 0.965. The molecule has 3 atom stereocenters. The Labute approximate surface area is 178 Å². The monoisotopic (exact) mass is 455 g/mol. The van der Waals surface area contributed by atoms with E-state index >= 15 is 0 Å². The van der Waals surface area contributed by atoms with Crippen molar-refractivity contribution in [3.63, 3.8) is 0 Å². The van der Waals surface area contributed by atoms with Gasteiger partial charge in [0.25, 0.3) is 0 Å². The van der Waals surface area contributed by atoms with E-state index in [1.165, 1.54) is 4.90 Å². The molecule has 6 heteroatoms. The van der Waals surface area contributed by atoms with Crippen molar-refractivity contribution in [3.8, 4) is 5.75 Å². The van der Waals surface area contributed by atoms with Crippen LogP contribution in [0.4, 0.5) is 5.69 Å². The zero-order valence-electron chi connectivity index (χ0n) is 16.1. The standard InChI is InChI=1S/C23H22BrNO4/c1-14-6-11-17-18(12-14)23(28)25(22(17)27)19-4-2-3-5-21(19)29-13-20(26)15-7-9-16(24)10-8-15/h2-5,7-10,14,17-18H,6,11-13H2,1H3. The van der Waals surface area contributed by atoms with E-state index < -0.39 is 0 Å². The molecule has 29 heavy (non-hydrogen) atoms. The minimum absolute atomic E-state index is 0.151. The molecule has 0 spiro atoms. The number of carbonyl (C=O) groups excluding carboxylic acids is 3. The smallest absolute Gasteiger partial charge is 0.237 e. The lowest BCUT2D eigenvalue weighted by Gasteiger charge is -2.25. The van der Waals surface area contributed by atoms with Crippen LogP contribution in [0.25, 0.3) is 0 Å². The molecule has 0 bridgehead atoms. The number of rotatable bonds is 5. The number of amides is 2. The van der Waals surface area contributed by atoms with Gasteiger partial charge in [-0.15, -0.1) is 0 Å². The van der Waals surface area contributed by atoms with Crippen LogP contribution in [0.2, 0.25) is 0 Å². The van der Waals surface area contributed by atoms with E-state index in [9.17, 15) is 14.4 Å². The van der Waals surface area contributed by atoms with E-state index in [1.807, 2.05) is 0 Å². The maximum Gasteiger partial charge on any atom is 0.237 e. The fraction of sp³-hybridized carbons (Fsp3) is 0.348. The first-order chi connectivity index (χ1) is 14.0. The Kier molecular flexibility index (Phi) is 5.54. The number of Topliss-reactive ketones (excluding diaryl/α,β-unsaturated/α-hetero) is 1. The average Bonchev–Trinajstić information content (AvgIpc) is 2.96. The van der Waals surface area contributed by atoms with Crippen LogP contribution in [0.15, 0.2) is 53.0 Å². The number of para-hydroxylation sites is 2. The third-order valence-corrected chi connectivity index (χ3v) is 6.35. The van der Waals surface area contributed by atoms with Crippen LogP contribution in [0.3, 0.4) is 0 Å². The van der Waals surface area contributed by atoms with Gasteiger partial charge in [0.2, 0.25) is 11.8 Å². The highest BCUT2D eigenvalue weighted by atomic mass is 79.9. The topological polar surface area (TPSA) is 63.7 Å². The minimum Gasteiger partial charge on any atom is -0.483 e. The lowest BCUT2D eigenvalue weighted by molar-refractivity contribution is -0.122. The average molecular weight is 456 g/mol. The van der Waals surface area contributed by atoms with Crippen LogP contribution in [0.1, 0.15) is 36.5 Å². The summed E-state index contributed by atoms with van der Waals surface area (Å²) in [5.74, 6) is -0.146. The van der Waals surface area contributed by atoms with Crippen molar-refractivity contribution in [3.05, 3.63) is 58.6 Å². The highest BCUT2D eigenvalue weighted by molar-refractivity contribution is 9.10. The predicted molar refractivity (Wildman–Crippen MR) is 113 cm³/mol. The van der Waals surface area contributed by atoms with Crippen molar-refractivity contribution < 1.29 is 19.1 Å². The van der Waals surface area contributed by atoms with Crippen molar-refractivity contribution >= 4 is 39.2 Å². The van der Waals surface area contributed by atoms with E-state index in [-0.39, 0.29) is 36.0 Å². The first-order valence-corrected chi connectivity index (χ1v) is 10.6. The molecule has 5 nitrogen and oxygen atoms in total. The van der Waals surface area contributed by atoms with Crippen LogP contribution in [0.5, 0.6) is 5.75 Å². The largest absolute Gasteiger partial charge is 0.483 e. The molecular formula is C23H22BrNO4. The molecule has 3 unspecified atom stereocenters. The second-order valence-electron chi connectivity index (χ2n) is 7.83. The van der Waals surface area contributed by atoms with Gasteiger partial charge in [0.15, 0.2) is 12.4 Å². The van der Waals surface area contributed by atoms with E-state index in [1.54, 1.807) is 48.5 Å². The number of anilines is 1. The number of halogens is 1. The quantitative estimate of drug-likeness (QED) is 0.486. The van der Waals surface area contributed by atoms with Gasteiger partial charge >= 0.3 is 0 Å². The molecule has 1 aliphatic heterocycles. The van der Waals surface area contributed by atoms with Gasteiger partial charge in [0.05, 0.1) is 17.5 Å². The Morgan fingerprint density at radius 2 is 1.72 bits per heavy atom. The van der Waals surface area contributed by atoms with Crippen molar-refractivity contribution in [1.82, 2.24) is 0 Å². The Morgan fingerprint density at radius 3 is 2.48 bits per heavy atom. The number of benzene rings is 2. The molecule has 2 aromatic rings. The maximum atomic E-state index is 13.0. The molecule has 0 aromatic heterocycles. The molecule has 1 saturated carbocycles. The summed E-state index contributed by atoms with van der Waals surface area (Å²) < 4.78 is 6.65. The Hall–Kier alpha value is -2.47. The minimum atomic E-state index is -0.247. The van der Waals surface area contributed by atoms with Crippen molar-refractivity contribution in [2.75, 3.05) is 11.5 Å². The number of ether oxygens (including phenoxy) is 1. The molecule has 1 heterocycles. The van der Waals surface area contributed by atoms with Gasteiger partial charge in [-0.25, -0.2) is 4.90 Å². The Morgan fingerprint density at radius 1 is 1.03 bits per heavy atom. The van der Waals surface area contributed by atoms with E-state index in [0.717, 1.165) is 23.7 Å². The van der Waals surface area contributed by atoms with Gasteiger partial charge in [0, 0.05) is 10.0 Å². The molecule has 2 aliphatic rings. The number of nitrogens with zero attached hydrogens (tertiary/aromatic N) is 1. The van der Waals surface area contributed by atoms with Gasteiger partial charge in [0.1, 0.15) is 5.75 Å². The molecule has 2 amide bonds.